The smallest absolute Gasteiger partial charge is 0.267 e. The molecule has 0 aliphatic heterocycles. The average molecular weight is 248 g/mol. The Morgan fingerprint density at radius 1 is 1.06 bits per heavy atom. The van der Waals surface area contributed by atoms with E-state index in [0.29, 0.717) is 0 Å². The second-order valence-corrected chi connectivity index (χ2v) is 6.39. The molecule has 0 saturated heterocycles. The number of hydrogen-bond acceptors (Lipinski definition) is 3. The highest BCUT2D eigenvalue weighted by Crippen LogP contribution is 2.22. The van der Waals surface area contributed by atoms with Gasteiger partial charge in [0.2, 0.25) is 0 Å². The van der Waals surface area contributed by atoms with Crippen LogP contribution in [0.3, 0.4) is 0 Å². The van der Waals surface area contributed by atoms with Crippen LogP contribution in [0.25, 0.3) is 0 Å². The van der Waals surface area contributed by atoms with Crippen LogP contribution >= 0.6 is 0 Å². The molecule has 0 bridgehead atoms. The number of hydrogen-bond donors (Lipinski definition) is 0. The third-order valence-corrected chi connectivity index (χ3v) is 4.44. The molecule has 0 heterocycles. The summed E-state index contributed by atoms with van der Waals surface area (Å²) in [5.74, 6) is 0.198. The lowest BCUT2D eigenvalue weighted by molar-refractivity contribution is 0.162. The summed E-state index contributed by atoms with van der Waals surface area (Å²) in [5, 5.41) is 0. The van der Waals surface area contributed by atoms with Gasteiger partial charge in [0.05, 0.1) is 11.9 Å². The summed E-state index contributed by atoms with van der Waals surface area (Å²) in [6, 6.07) is 0. The predicted octanol–water partition coefficient (Wildman–Crippen LogP) is 3.25. The Morgan fingerprint density at radius 3 is 2.38 bits per heavy atom. The van der Waals surface area contributed by atoms with E-state index in [1.807, 2.05) is 0 Å². The van der Waals surface area contributed by atoms with E-state index in [2.05, 4.69) is 6.92 Å². The van der Waals surface area contributed by atoms with Crippen LogP contribution in [0, 0.1) is 0 Å². The summed E-state index contributed by atoms with van der Waals surface area (Å²) in [7, 11) is -3.26. The fourth-order valence-corrected chi connectivity index (χ4v) is 3.38. The van der Waals surface area contributed by atoms with Crippen LogP contribution in [-0.4, -0.2) is 20.3 Å². The van der Waals surface area contributed by atoms with Gasteiger partial charge in [0.1, 0.15) is 0 Å². The molecule has 0 radical (unpaired) electrons. The van der Waals surface area contributed by atoms with Crippen LogP contribution in [0.1, 0.15) is 64.7 Å². The molecule has 0 spiro atoms. The van der Waals surface area contributed by atoms with Crippen LogP contribution in [0.4, 0.5) is 0 Å². The Kier molecular flexibility index (Phi) is 6.36. The summed E-state index contributed by atoms with van der Waals surface area (Å²) in [6.45, 7) is 2.12. The van der Waals surface area contributed by atoms with Crippen molar-refractivity contribution in [1.29, 1.82) is 0 Å². The molecular weight excluding hydrogens is 224 g/mol. The van der Waals surface area contributed by atoms with E-state index >= 15 is 0 Å². The standard InChI is InChI=1S/C12H24O3S/c1-2-3-4-8-11-16(13,14)15-12-9-6-5-7-10-12/h12H,2-11H2,1H3. The Morgan fingerprint density at radius 2 is 1.75 bits per heavy atom. The van der Waals surface area contributed by atoms with Gasteiger partial charge < -0.3 is 0 Å². The molecule has 4 heteroatoms. The van der Waals surface area contributed by atoms with Gasteiger partial charge in [-0.1, -0.05) is 45.4 Å². The first-order valence-electron chi connectivity index (χ1n) is 6.55. The average Bonchev–Trinajstić information content (AvgIpc) is 2.25. The van der Waals surface area contributed by atoms with Gasteiger partial charge in [0.15, 0.2) is 0 Å². The Bertz CT molecular complexity index is 266. The lowest BCUT2D eigenvalue weighted by Crippen LogP contribution is -2.22. The van der Waals surface area contributed by atoms with Crippen LogP contribution in [0.5, 0.6) is 0 Å². The largest absolute Gasteiger partial charge is 0.267 e. The monoisotopic (exact) mass is 248 g/mol. The Hall–Kier alpha value is -0.0900. The van der Waals surface area contributed by atoms with Crippen molar-refractivity contribution in [2.75, 3.05) is 5.75 Å². The van der Waals surface area contributed by atoms with Gasteiger partial charge in [-0.25, -0.2) is 0 Å². The summed E-state index contributed by atoms with van der Waals surface area (Å²) >= 11 is 0. The molecule has 1 aliphatic carbocycles. The fourth-order valence-electron chi connectivity index (χ4n) is 2.12. The highest BCUT2D eigenvalue weighted by atomic mass is 32.2. The van der Waals surface area contributed by atoms with Gasteiger partial charge in [-0.2, -0.15) is 8.42 Å². The van der Waals surface area contributed by atoms with Crippen LogP contribution in [0.15, 0.2) is 0 Å². The van der Waals surface area contributed by atoms with Gasteiger partial charge in [0, 0.05) is 0 Å². The lowest BCUT2D eigenvalue weighted by Gasteiger charge is -2.21. The van der Waals surface area contributed by atoms with Crippen LogP contribution in [0.2, 0.25) is 0 Å². The topological polar surface area (TPSA) is 43.4 Å². The van der Waals surface area contributed by atoms with Crippen molar-refractivity contribution in [3.63, 3.8) is 0 Å². The third kappa shape index (κ3) is 5.85. The van der Waals surface area contributed by atoms with Crippen molar-refractivity contribution in [2.45, 2.75) is 70.8 Å². The Labute approximate surface area is 99.7 Å². The van der Waals surface area contributed by atoms with Crippen LogP contribution in [-0.2, 0) is 14.3 Å². The minimum Gasteiger partial charge on any atom is -0.267 e. The van der Waals surface area contributed by atoms with Gasteiger partial charge in [-0.15, -0.1) is 0 Å². The van der Waals surface area contributed by atoms with Crippen LogP contribution < -0.4 is 0 Å². The lowest BCUT2D eigenvalue weighted by atomic mass is 9.98. The zero-order valence-electron chi connectivity index (χ0n) is 10.3. The van der Waals surface area contributed by atoms with E-state index in [4.69, 9.17) is 4.18 Å². The molecule has 0 aromatic carbocycles. The summed E-state index contributed by atoms with van der Waals surface area (Å²) < 4.78 is 28.5. The van der Waals surface area contributed by atoms with Crippen molar-refractivity contribution in [3.8, 4) is 0 Å². The molecule has 0 amide bonds. The van der Waals surface area contributed by atoms with E-state index in [9.17, 15) is 8.42 Å². The Balaban J connectivity index is 2.22. The van der Waals surface area contributed by atoms with Crippen molar-refractivity contribution >= 4 is 10.1 Å². The first-order valence-corrected chi connectivity index (χ1v) is 8.13. The first-order chi connectivity index (χ1) is 7.64. The second kappa shape index (κ2) is 7.28. The molecule has 0 aromatic rings. The molecule has 1 fully saturated rings. The number of rotatable bonds is 7. The van der Waals surface area contributed by atoms with Crippen molar-refractivity contribution in [1.82, 2.24) is 0 Å². The van der Waals surface area contributed by atoms with Crippen molar-refractivity contribution in [3.05, 3.63) is 0 Å². The van der Waals surface area contributed by atoms with Crippen molar-refractivity contribution in [2.24, 2.45) is 0 Å². The zero-order chi connectivity index (χ0) is 11.9. The first kappa shape index (κ1) is 14.0. The molecule has 16 heavy (non-hydrogen) atoms. The second-order valence-electron chi connectivity index (χ2n) is 4.68. The molecular formula is C12H24O3S. The minimum absolute atomic E-state index is 0.0371. The van der Waals surface area contributed by atoms with E-state index in [0.717, 1.165) is 51.4 Å². The normalized spacial score (nSPS) is 18.8. The molecule has 96 valence electrons. The SMILES string of the molecule is CCCCCCS(=O)(=O)OC1CCCCC1. The number of unbranched alkanes of at least 4 members (excludes halogenated alkanes) is 3. The summed E-state index contributed by atoms with van der Waals surface area (Å²) in [4.78, 5) is 0. The molecule has 1 rings (SSSR count). The predicted molar refractivity (Wildman–Crippen MR) is 65.9 cm³/mol. The fraction of sp³-hybridized carbons (Fsp3) is 1.00. The summed E-state index contributed by atoms with van der Waals surface area (Å²) in [5.41, 5.74) is 0. The van der Waals surface area contributed by atoms with Gasteiger partial charge in [-0.3, -0.25) is 4.18 Å². The van der Waals surface area contributed by atoms with Gasteiger partial charge in [-0.05, 0) is 19.3 Å². The van der Waals surface area contributed by atoms with E-state index in [-0.39, 0.29) is 11.9 Å². The van der Waals surface area contributed by atoms with E-state index in [1.165, 1.54) is 6.42 Å². The highest BCUT2D eigenvalue weighted by molar-refractivity contribution is 7.86. The summed E-state index contributed by atoms with van der Waals surface area (Å²) in [6.07, 6.45) is 9.19. The third-order valence-electron chi connectivity index (χ3n) is 3.08. The maximum Gasteiger partial charge on any atom is 0.267 e. The highest BCUT2D eigenvalue weighted by Gasteiger charge is 2.21. The van der Waals surface area contributed by atoms with E-state index in [1.54, 1.807) is 0 Å². The molecule has 0 unspecified atom stereocenters. The quantitative estimate of drug-likeness (QED) is 0.513. The molecule has 0 N–H and O–H groups in total. The molecule has 1 saturated carbocycles. The molecule has 0 atom stereocenters. The molecule has 0 aromatic heterocycles. The minimum atomic E-state index is -3.26. The van der Waals surface area contributed by atoms with Crippen molar-refractivity contribution < 1.29 is 12.6 Å². The van der Waals surface area contributed by atoms with Gasteiger partial charge >= 0.3 is 0 Å². The zero-order valence-corrected chi connectivity index (χ0v) is 11.1. The maximum absolute atomic E-state index is 11.6. The molecule has 3 nitrogen and oxygen atoms in total. The van der Waals surface area contributed by atoms with E-state index < -0.39 is 10.1 Å². The molecule has 1 aliphatic rings. The maximum atomic E-state index is 11.6. The van der Waals surface area contributed by atoms with Gasteiger partial charge in [0.25, 0.3) is 10.1 Å².